The van der Waals surface area contributed by atoms with Crippen molar-refractivity contribution in [2.45, 2.75) is 27.2 Å². The highest BCUT2D eigenvalue weighted by atomic mass is 16.5. The molecule has 1 heterocycles. The van der Waals surface area contributed by atoms with Crippen LogP contribution in [0.4, 0.5) is 0 Å². The van der Waals surface area contributed by atoms with Gasteiger partial charge < -0.3 is 4.74 Å². The van der Waals surface area contributed by atoms with Crippen LogP contribution < -0.4 is 0 Å². The van der Waals surface area contributed by atoms with Crippen LogP contribution in [0.3, 0.4) is 0 Å². The summed E-state index contributed by atoms with van der Waals surface area (Å²) in [5.74, 6) is -0.424. The summed E-state index contributed by atoms with van der Waals surface area (Å²) in [6.45, 7) is 6.35. The number of esters is 1. The van der Waals surface area contributed by atoms with Gasteiger partial charge in [0.15, 0.2) is 5.69 Å². The second-order valence-corrected chi connectivity index (χ2v) is 4.62. The van der Waals surface area contributed by atoms with Crippen LogP contribution >= 0.6 is 0 Å². The molecule has 0 atom stereocenters. The SMILES string of the molecule is COC(=O)c1cc(CC(C)(C)C)ncn1. The minimum Gasteiger partial charge on any atom is -0.464 e. The Bertz CT molecular complexity index is 356. The fourth-order valence-corrected chi connectivity index (χ4v) is 1.25. The van der Waals surface area contributed by atoms with E-state index in [9.17, 15) is 4.79 Å². The van der Waals surface area contributed by atoms with Crippen LogP contribution in [0.1, 0.15) is 37.0 Å². The average molecular weight is 208 g/mol. The molecule has 15 heavy (non-hydrogen) atoms. The van der Waals surface area contributed by atoms with Crippen molar-refractivity contribution in [1.82, 2.24) is 9.97 Å². The molecule has 0 aliphatic rings. The first-order valence-electron chi connectivity index (χ1n) is 4.81. The quantitative estimate of drug-likeness (QED) is 0.696. The van der Waals surface area contributed by atoms with Crippen molar-refractivity contribution in [2.24, 2.45) is 5.41 Å². The summed E-state index contributed by atoms with van der Waals surface area (Å²) in [7, 11) is 1.34. The Labute approximate surface area is 89.7 Å². The molecule has 0 aliphatic carbocycles. The molecule has 0 radical (unpaired) electrons. The first-order valence-corrected chi connectivity index (χ1v) is 4.81. The molecule has 0 aromatic carbocycles. The summed E-state index contributed by atoms with van der Waals surface area (Å²) in [6.07, 6.45) is 2.20. The highest BCUT2D eigenvalue weighted by molar-refractivity contribution is 5.87. The van der Waals surface area contributed by atoms with Crippen molar-refractivity contribution < 1.29 is 9.53 Å². The summed E-state index contributed by atoms with van der Waals surface area (Å²) in [5, 5.41) is 0. The van der Waals surface area contributed by atoms with Crippen molar-refractivity contribution in [3.8, 4) is 0 Å². The third-order valence-corrected chi connectivity index (χ3v) is 1.83. The van der Waals surface area contributed by atoms with Crippen LogP contribution in [-0.4, -0.2) is 23.0 Å². The molecule has 0 N–H and O–H groups in total. The van der Waals surface area contributed by atoms with Gasteiger partial charge in [0.2, 0.25) is 0 Å². The van der Waals surface area contributed by atoms with Crippen molar-refractivity contribution in [2.75, 3.05) is 7.11 Å². The molecule has 1 rings (SSSR count). The molecule has 0 aliphatic heterocycles. The van der Waals surface area contributed by atoms with Gasteiger partial charge in [-0.1, -0.05) is 20.8 Å². The maximum Gasteiger partial charge on any atom is 0.356 e. The zero-order chi connectivity index (χ0) is 11.5. The first-order chi connectivity index (χ1) is 6.92. The van der Waals surface area contributed by atoms with Crippen molar-refractivity contribution >= 4 is 5.97 Å². The average Bonchev–Trinajstić information content (AvgIpc) is 2.14. The van der Waals surface area contributed by atoms with Crippen LogP contribution in [0.2, 0.25) is 0 Å². The van der Waals surface area contributed by atoms with Gasteiger partial charge in [-0.2, -0.15) is 0 Å². The number of nitrogens with zero attached hydrogens (tertiary/aromatic N) is 2. The largest absolute Gasteiger partial charge is 0.464 e. The Morgan fingerprint density at radius 3 is 2.60 bits per heavy atom. The second kappa shape index (κ2) is 4.38. The molecule has 0 saturated carbocycles. The normalized spacial score (nSPS) is 11.2. The van der Waals surface area contributed by atoms with E-state index in [1.807, 2.05) is 0 Å². The number of aromatic nitrogens is 2. The lowest BCUT2D eigenvalue weighted by molar-refractivity contribution is 0.0593. The van der Waals surface area contributed by atoms with E-state index in [0.29, 0.717) is 5.69 Å². The summed E-state index contributed by atoms with van der Waals surface area (Å²) in [6, 6.07) is 1.68. The molecule has 0 spiro atoms. The third kappa shape index (κ3) is 3.65. The topological polar surface area (TPSA) is 52.1 Å². The van der Waals surface area contributed by atoms with E-state index in [4.69, 9.17) is 0 Å². The number of hydrogen-bond acceptors (Lipinski definition) is 4. The van der Waals surface area contributed by atoms with Crippen LogP contribution in [0.25, 0.3) is 0 Å². The molecule has 0 fully saturated rings. The predicted molar refractivity (Wildman–Crippen MR) is 56.5 cm³/mol. The van der Waals surface area contributed by atoms with E-state index >= 15 is 0 Å². The van der Waals surface area contributed by atoms with Crippen molar-refractivity contribution in [3.05, 3.63) is 23.8 Å². The van der Waals surface area contributed by atoms with Crippen LogP contribution in [0, 0.1) is 5.41 Å². The molecule has 82 valence electrons. The summed E-state index contributed by atoms with van der Waals surface area (Å²) < 4.78 is 4.59. The molecule has 4 nitrogen and oxygen atoms in total. The highest BCUT2D eigenvalue weighted by Gasteiger charge is 2.14. The Balaban J connectivity index is 2.88. The van der Waals surface area contributed by atoms with Gasteiger partial charge in [-0.3, -0.25) is 0 Å². The molecular weight excluding hydrogens is 192 g/mol. The van der Waals surface area contributed by atoms with Gasteiger partial charge in [-0.15, -0.1) is 0 Å². The standard InChI is InChI=1S/C11H16N2O2/c1-11(2,3)6-8-5-9(10(14)15-4)13-7-12-8/h5,7H,6H2,1-4H3. The van der Waals surface area contributed by atoms with E-state index in [0.717, 1.165) is 12.1 Å². The Hall–Kier alpha value is -1.45. The molecule has 0 amide bonds. The van der Waals surface area contributed by atoms with Gasteiger partial charge in [0.1, 0.15) is 6.33 Å². The summed E-state index contributed by atoms with van der Waals surface area (Å²) in [5.41, 5.74) is 1.31. The Kier molecular flexibility index (Phi) is 3.39. The van der Waals surface area contributed by atoms with Gasteiger partial charge in [-0.05, 0) is 17.9 Å². The first kappa shape index (κ1) is 11.6. The van der Waals surface area contributed by atoms with Gasteiger partial charge in [0.25, 0.3) is 0 Å². The van der Waals surface area contributed by atoms with E-state index in [1.165, 1.54) is 13.4 Å². The lowest BCUT2D eigenvalue weighted by atomic mass is 9.90. The van der Waals surface area contributed by atoms with Gasteiger partial charge in [0, 0.05) is 5.69 Å². The number of carbonyl (C=O) groups excluding carboxylic acids is 1. The van der Waals surface area contributed by atoms with Crippen LogP contribution in [0.15, 0.2) is 12.4 Å². The maximum atomic E-state index is 11.2. The zero-order valence-electron chi connectivity index (χ0n) is 9.57. The molecule has 0 saturated heterocycles. The fourth-order valence-electron chi connectivity index (χ4n) is 1.25. The predicted octanol–water partition coefficient (Wildman–Crippen LogP) is 1.85. The summed E-state index contributed by atoms with van der Waals surface area (Å²) in [4.78, 5) is 19.2. The minimum atomic E-state index is -0.424. The lowest BCUT2D eigenvalue weighted by Crippen LogP contribution is -2.12. The molecule has 4 heteroatoms. The molecule has 0 bridgehead atoms. The molecule has 1 aromatic rings. The summed E-state index contributed by atoms with van der Waals surface area (Å²) >= 11 is 0. The highest BCUT2D eigenvalue weighted by Crippen LogP contribution is 2.19. The zero-order valence-corrected chi connectivity index (χ0v) is 9.57. The van der Waals surface area contributed by atoms with Crippen molar-refractivity contribution in [1.29, 1.82) is 0 Å². The monoisotopic (exact) mass is 208 g/mol. The Morgan fingerprint density at radius 1 is 1.40 bits per heavy atom. The van der Waals surface area contributed by atoms with Gasteiger partial charge in [-0.25, -0.2) is 14.8 Å². The number of rotatable bonds is 2. The smallest absolute Gasteiger partial charge is 0.356 e. The number of ether oxygens (including phenoxy) is 1. The van der Waals surface area contributed by atoms with Gasteiger partial charge >= 0.3 is 5.97 Å². The lowest BCUT2D eigenvalue weighted by Gasteiger charge is -2.17. The van der Waals surface area contributed by atoms with E-state index in [-0.39, 0.29) is 5.41 Å². The molecule has 0 unspecified atom stereocenters. The van der Waals surface area contributed by atoms with E-state index in [2.05, 4.69) is 35.5 Å². The third-order valence-electron chi connectivity index (χ3n) is 1.83. The van der Waals surface area contributed by atoms with E-state index < -0.39 is 5.97 Å². The fraction of sp³-hybridized carbons (Fsp3) is 0.545. The molecular formula is C11H16N2O2. The number of methoxy groups -OCH3 is 1. The number of carbonyl (C=O) groups is 1. The van der Waals surface area contributed by atoms with E-state index in [1.54, 1.807) is 6.07 Å². The maximum absolute atomic E-state index is 11.2. The molecule has 1 aromatic heterocycles. The number of hydrogen-bond donors (Lipinski definition) is 0. The second-order valence-electron chi connectivity index (χ2n) is 4.62. The minimum absolute atomic E-state index is 0.141. The van der Waals surface area contributed by atoms with Crippen LogP contribution in [-0.2, 0) is 11.2 Å². The van der Waals surface area contributed by atoms with Crippen molar-refractivity contribution in [3.63, 3.8) is 0 Å². The van der Waals surface area contributed by atoms with Crippen LogP contribution in [0.5, 0.6) is 0 Å². The van der Waals surface area contributed by atoms with Gasteiger partial charge in [0.05, 0.1) is 7.11 Å². The Morgan fingerprint density at radius 2 is 2.07 bits per heavy atom.